The van der Waals surface area contributed by atoms with Crippen LogP contribution in [-0.2, 0) is 16.0 Å². The zero-order valence-corrected chi connectivity index (χ0v) is 15.2. The number of aromatic nitrogens is 1. The molecule has 6 nitrogen and oxygen atoms in total. The van der Waals surface area contributed by atoms with Crippen LogP contribution in [0.5, 0.6) is 0 Å². The second-order valence-electron chi connectivity index (χ2n) is 4.21. The molecule has 0 aliphatic carbocycles. The fourth-order valence-corrected chi connectivity index (χ4v) is 1.63. The number of aliphatic imine (C=N–C) groups is 1. The van der Waals surface area contributed by atoms with Gasteiger partial charge in [0.15, 0.2) is 5.96 Å². The van der Waals surface area contributed by atoms with Gasteiger partial charge in [0.1, 0.15) is 0 Å². The van der Waals surface area contributed by atoms with E-state index < -0.39 is 0 Å². The lowest BCUT2D eigenvalue weighted by molar-refractivity contribution is 0.0748. The minimum absolute atomic E-state index is 0. The van der Waals surface area contributed by atoms with E-state index in [-0.39, 0.29) is 24.0 Å². The first-order valence-corrected chi connectivity index (χ1v) is 7.06. The van der Waals surface area contributed by atoms with Gasteiger partial charge in [0, 0.05) is 39.1 Å². The highest BCUT2D eigenvalue weighted by molar-refractivity contribution is 14.0. The summed E-state index contributed by atoms with van der Waals surface area (Å²) in [6.07, 6.45) is 4.10. The molecule has 0 bridgehead atoms. The quantitative estimate of drug-likeness (QED) is 0.265. The second-order valence-corrected chi connectivity index (χ2v) is 4.21. The molecule has 0 saturated carbocycles. The highest BCUT2D eigenvalue weighted by atomic mass is 127. The summed E-state index contributed by atoms with van der Waals surface area (Å²) in [4.78, 5) is 4.45. The highest BCUT2D eigenvalue weighted by Crippen LogP contribution is 1.88. The summed E-state index contributed by atoms with van der Waals surface area (Å²) in [6, 6.07) is 4.05. The number of halogens is 1. The number of hydrogen-bond donors (Lipinski definition) is 2. The van der Waals surface area contributed by atoms with Crippen LogP contribution in [0, 0.1) is 0 Å². The summed E-state index contributed by atoms with van der Waals surface area (Å²) in [5.41, 5.74) is 0. The van der Waals surface area contributed by atoms with Crippen LogP contribution < -0.4 is 10.6 Å². The molecule has 1 rings (SSSR count). The Kier molecular flexibility index (Phi) is 13.6. The van der Waals surface area contributed by atoms with E-state index >= 15 is 0 Å². The van der Waals surface area contributed by atoms with Crippen molar-refractivity contribution in [3.63, 3.8) is 0 Å². The van der Waals surface area contributed by atoms with E-state index in [0.29, 0.717) is 26.4 Å². The van der Waals surface area contributed by atoms with Gasteiger partial charge in [-0.25, -0.2) is 0 Å². The van der Waals surface area contributed by atoms with Gasteiger partial charge < -0.3 is 24.7 Å². The summed E-state index contributed by atoms with van der Waals surface area (Å²) in [5, 5.41) is 6.51. The van der Waals surface area contributed by atoms with Crippen molar-refractivity contribution >= 4 is 29.9 Å². The standard InChI is InChI=1S/C14H26N4O2.HI/c1-3-15-14(17-7-11-20-13-12-19-2)16-6-10-18-8-4-5-9-18;/h4-5,8-9H,3,6-7,10-13H2,1-2H3,(H2,15,16,17);1H. The number of rotatable bonds is 10. The van der Waals surface area contributed by atoms with Gasteiger partial charge in [0.25, 0.3) is 0 Å². The highest BCUT2D eigenvalue weighted by Gasteiger charge is 1.96. The van der Waals surface area contributed by atoms with Crippen molar-refractivity contribution in [2.45, 2.75) is 13.5 Å². The fraction of sp³-hybridized carbons (Fsp3) is 0.643. The average Bonchev–Trinajstić information content (AvgIpc) is 2.96. The predicted octanol–water partition coefficient (Wildman–Crippen LogP) is 1.32. The Labute approximate surface area is 144 Å². The lowest BCUT2D eigenvalue weighted by atomic mass is 10.6. The Morgan fingerprint density at radius 1 is 1.14 bits per heavy atom. The second kappa shape index (κ2) is 14.2. The molecule has 0 spiro atoms. The Morgan fingerprint density at radius 3 is 2.57 bits per heavy atom. The molecule has 0 atom stereocenters. The van der Waals surface area contributed by atoms with Gasteiger partial charge in [-0.2, -0.15) is 0 Å². The maximum Gasteiger partial charge on any atom is 0.191 e. The zero-order valence-electron chi connectivity index (χ0n) is 12.9. The zero-order chi connectivity index (χ0) is 14.5. The van der Waals surface area contributed by atoms with Gasteiger partial charge in [-0.15, -0.1) is 24.0 Å². The van der Waals surface area contributed by atoms with Crippen LogP contribution in [0.4, 0.5) is 0 Å². The first kappa shape index (κ1) is 20.2. The molecule has 0 aliphatic heterocycles. The van der Waals surface area contributed by atoms with E-state index in [9.17, 15) is 0 Å². The SMILES string of the molecule is CCNC(=NCCOCCOC)NCCn1cccc1.I. The van der Waals surface area contributed by atoms with Crippen molar-refractivity contribution in [1.82, 2.24) is 15.2 Å². The number of nitrogens with one attached hydrogen (secondary N) is 2. The van der Waals surface area contributed by atoms with Gasteiger partial charge in [0.2, 0.25) is 0 Å². The van der Waals surface area contributed by atoms with Crippen LogP contribution in [0.25, 0.3) is 0 Å². The molecule has 0 radical (unpaired) electrons. The number of methoxy groups -OCH3 is 1. The minimum Gasteiger partial charge on any atom is -0.382 e. The first-order chi connectivity index (χ1) is 9.86. The van der Waals surface area contributed by atoms with Crippen LogP contribution in [0.1, 0.15) is 6.92 Å². The lowest BCUT2D eigenvalue weighted by Crippen LogP contribution is -2.39. The molecule has 0 aromatic carbocycles. The fourth-order valence-electron chi connectivity index (χ4n) is 1.63. The Morgan fingerprint density at radius 2 is 1.90 bits per heavy atom. The summed E-state index contributed by atoms with van der Waals surface area (Å²) < 4.78 is 12.4. The van der Waals surface area contributed by atoms with Gasteiger partial charge in [-0.1, -0.05) is 0 Å². The maximum atomic E-state index is 5.37. The Balaban J connectivity index is 0.00000400. The van der Waals surface area contributed by atoms with E-state index in [2.05, 4.69) is 39.5 Å². The van der Waals surface area contributed by atoms with E-state index in [0.717, 1.165) is 25.6 Å². The van der Waals surface area contributed by atoms with Crippen molar-refractivity contribution in [3.8, 4) is 0 Å². The molecule has 0 unspecified atom stereocenters. The molecule has 2 N–H and O–H groups in total. The molecule has 1 aromatic rings. The van der Waals surface area contributed by atoms with Crippen molar-refractivity contribution < 1.29 is 9.47 Å². The molecule has 1 heterocycles. The molecule has 122 valence electrons. The molecular weight excluding hydrogens is 383 g/mol. The van der Waals surface area contributed by atoms with Crippen LogP contribution >= 0.6 is 24.0 Å². The Bertz CT molecular complexity index is 358. The van der Waals surface area contributed by atoms with Gasteiger partial charge >= 0.3 is 0 Å². The molecule has 0 amide bonds. The first-order valence-electron chi connectivity index (χ1n) is 7.06. The summed E-state index contributed by atoms with van der Waals surface area (Å²) >= 11 is 0. The number of ether oxygens (including phenoxy) is 2. The molecule has 21 heavy (non-hydrogen) atoms. The molecular formula is C14H27IN4O2. The average molecular weight is 410 g/mol. The van der Waals surface area contributed by atoms with Crippen molar-refractivity contribution in [2.24, 2.45) is 4.99 Å². The third-order valence-electron chi connectivity index (χ3n) is 2.61. The van der Waals surface area contributed by atoms with Crippen LogP contribution in [-0.4, -0.2) is 57.1 Å². The summed E-state index contributed by atoms with van der Waals surface area (Å²) in [6.45, 7) is 7.15. The van der Waals surface area contributed by atoms with Crippen LogP contribution in [0.3, 0.4) is 0 Å². The predicted molar refractivity (Wildman–Crippen MR) is 96.5 cm³/mol. The number of hydrogen-bond acceptors (Lipinski definition) is 3. The third-order valence-corrected chi connectivity index (χ3v) is 2.61. The van der Waals surface area contributed by atoms with E-state index in [4.69, 9.17) is 9.47 Å². The molecule has 0 aliphatic rings. The Hall–Kier alpha value is -0.800. The number of guanidine groups is 1. The van der Waals surface area contributed by atoms with Gasteiger partial charge in [-0.05, 0) is 19.1 Å². The lowest BCUT2D eigenvalue weighted by Gasteiger charge is -2.11. The third kappa shape index (κ3) is 10.6. The van der Waals surface area contributed by atoms with Gasteiger partial charge in [-0.3, -0.25) is 4.99 Å². The van der Waals surface area contributed by atoms with Crippen molar-refractivity contribution in [3.05, 3.63) is 24.5 Å². The van der Waals surface area contributed by atoms with Crippen LogP contribution in [0.2, 0.25) is 0 Å². The largest absolute Gasteiger partial charge is 0.382 e. The minimum atomic E-state index is 0. The van der Waals surface area contributed by atoms with Crippen LogP contribution in [0.15, 0.2) is 29.5 Å². The smallest absolute Gasteiger partial charge is 0.191 e. The summed E-state index contributed by atoms with van der Waals surface area (Å²) in [5.74, 6) is 0.829. The summed E-state index contributed by atoms with van der Waals surface area (Å²) in [7, 11) is 1.67. The van der Waals surface area contributed by atoms with E-state index in [1.165, 1.54) is 0 Å². The van der Waals surface area contributed by atoms with Gasteiger partial charge in [0.05, 0.1) is 26.4 Å². The van der Waals surface area contributed by atoms with Crippen molar-refractivity contribution in [1.29, 1.82) is 0 Å². The molecule has 0 fully saturated rings. The maximum absolute atomic E-state index is 5.37. The van der Waals surface area contributed by atoms with Crippen molar-refractivity contribution in [2.75, 3.05) is 46.6 Å². The molecule has 7 heteroatoms. The topological polar surface area (TPSA) is 59.8 Å². The van der Waals surface area contributed by atoms with E-state index in [1.807, 2.05) is 12.1 Å². The number of nitrogens with zero attached hydrogens (tertiary/aromatic N) is 2. The van der Waals surface area contributed by atoms with E-state index in [1.54, 1.807) is 7.11 Å². The molecule has 0 saturated heterocycles. The normalized spacial score (nSPS) is 11.0. The monoisotopic (exact) mass is 410 g/mol. The molecule has 1 aromatic heterocycles.